The van der Waals surface area contributed by atoms with E-state index in [0.717, 1.165) is 0 Å². The Bertz CT molecular complexity index is 6540. The molecule has 0 saturated carbocycles. The highest BCUT2D eigenvalue weighted by Gasteiger charge is 2.21. The molecule has 0 nitrogen and oxygen atoms in total. The van der Waals surface area contributed by atoms with Crippen LogP contribution in [-0.4, -0.2) is 0 Å². The molecule has 0 N–H and O–H groups in total. The minimum absolute atomic E-state index is 1.26. The van der Waals surface area contributed by atoms with E-state index in [1.165, 1.54) is 276 Å². The molecule has 0 aliphatic carbocycles. The largest absolute Gasteiger partial charge is 0.0622 e. The number of hydrogen-bond donors (Lipinski definition) is 0. The summed E-state index contributed by atoms with van der Waals surface area (Å²) in [7, 11) is 0. The van der Waals surface area contributed by atoms with Crippen molar-refractivity contribution in [1.82, 2.24) is 0 Å². The van der Waals surface area contributed by atoms with Gasteiger partial charge in [-0.15, -0.1) is 0 Å². The quantitative estimate of drug-likeness (QED) is 0.126. The number of rotatable bonds is 9. The predicted octanol–water partition coefficient (Wildman–Crippen LogP) is 33.2. The Morgan fingerprint density at radius 3 is 0.586 bits per heavy atom. The summed E-state index contributed by atoms with van der Waals surface area (Å²) in [6.45, 7) is 44.3. The van der Waals surface area contributed by atoms with Crippen LogP contribution in [0.15, 0.2) is 279 Å². The first-order valence-electron chi connectivity index (χ1n) is 41.4. The minimum Gasteiger partial charge on any atom is -0.0622 e. The van der Waals surface area contributed by atoms with E-state index in [1.54, 1.807) is 0 Å². The van der Waals surface area contributed by atoms with Crippen molar-refractivity contribution in [3.05, 3.63) is 390 Å². The van der Waals surface area contributed by atoms with Crippen molar-refractivity contribution in [1.29, 1.82) is 0 Å². The van der Waals surface area contributed by atoms with Crippen LogP contribution in [0.3, 0.4) is 0 Å². The van der Waals surface area contributed by atoms with Gasteiger partial charge in [-0.3, -0.25) is 0 Å². The highest BCUT2D eigenvalue weighted by atomic mass is 14.3. The fraction of sp³-hybridized carbons (Fsp3) is 0.172. The summed E-state index contributed by atoms with van der Waals surface area (Å²) in [6, 6.07) is 106. The van der Waals surface area contributed by atoms with Crippen molar-refractivity contribution in [2.45, 2.75) is 138 Å². The van der Waals surface area contributed by atoms with Crippen LogP contribution in [0.1, 0.15) is 111 Å². The van der Waals surface area contributed by atoms with E-state index in [0.29, 0.717) is 0 Å². The second-order valence-electron chi connectivity index (χ2n) is 34.1. The zero-order chi connectivity index (χ0) is 81.4. The molecule has 0 saturated heterocycles. The topological polar surface area (TPSA) is 0 Å². The van der Waals surface area contributed by atoms with E-state index in [4.69, 9.17) is 0 Å². The van der Waals surface area contributed by atoms with Gasteiger partial charge in [0.25, 0.3) is 0 Å². The summed E-state index contributed by atoms with van der Waals surface area (Å²) in [4.78, 5) is 0. The van der Waals surface area contributed by atoms with Gasteiger partial charge in [-0.1, -0.05) is 263 Å². The molecule has 116 heavy (non-hydrogen) atoms. The van der Waals surface area contributed by atoms with E-state index >= 15 is 0 Å². The molecule has 0 unspecified atom stereocenters. The maximum absolute atomic E-state index is 2.40. The first-order chi connectivity index (χ1) is 55.7. The third-order valence-electron chi connectivity index (χ3n) is 24.4. The SMILES string of the molecule is Cc1cc(C)c(-c2ccc3c(-c4ccccc4)c4ccc(-c5c(C)cc(C)cc5C)cc4cc3c2)c(C)c1.Cc1cc(C)c(-c2ccc3c(-c4ccccc4C)c4ccc(-c5c(C)cc(C)cc5C)cc4cc3c2)c(C)c1.Cc1cccc(-c2c3ccc(-c4c(C)cc(C)cc4C)cc3cc3cc(-c4c(C)cc(C)cc4C)ccc23)c1. The van der Waals surface area contributed by atoms with Crippen LogP contribution in [0.4, 0.5) is 0 Å². The van der Waals surface area contributed by atoms with Crippen LogP contribution in [0.5, 0.6) is 0 Å². The second-order valence-corrected chi connectivity index (χ2v) is 34.1. The van der Waals surface area contributed by atoms with Crippen molar-refractivity contribution in [3.63, 3.8) is 0 Å². The molecule has 0 bridgehead atoms. The van der Waals surface area contributed by atoms with E-state index in [2.05, 4.69) is 418 Å². The lowest BCUT2D eigenvalue weighted by Crippen LogP contribution is -1.93. The molecule has 0 atom stereocenters. The second kappa shape index (κ2) is 31.4. The molecular formula is C116H106. The van der Waals surface area contributed by atoms with Crippen LogP contribution >= 0.6 is 0 Å². The Balaban J connectivity index is 0.000000131. The number of benzene rings is 18. The molecule has 18 aromatic rings. The Morgan fingerprint density at radius 2 is 0.336 bits per heavy atom. The number of aryl methyl sites for hydroxylation is 20. The maximum atomic E-state index is 2.40. The lowest BCUT2D eigenvalue weighted by molar-refractivity contribution is 1.32. The molecule has 0 fully saturated rings. The van der Waals surface area contributed by atoms with Gasteiger partial charge >= 0.3 is 0 Å². The average molecular weight is 1500 g/mol. The Hall–Kier alpha value is -12.5. The summed E-state index contributed by atoms with van der Waals surface area (Å²) in [6.07, 6.45) is 0. The molecule has 18 rings (SSSR count). The molecule has 0 aliphatic heterocycles. The van der Waals surface area contributed by atoms with Crippen LogP contribution < -0.4 is 0 Å². The maximum Gasteiger partial charge on any atom is -0.00241 e. The summed E-state index contributed by atoms with van der Waals surface area (Å²) >= 11 is 0. The molecule has 0 heterocycles. The fourth-order valence-electron chi connectivity index (χ4n) is 20.3. The lowest BCUT2D eigenvalue weighted by atomic mass is 9.86. The first-order valence-corrected chi connectivity index (χ1v) is 41.4. The van der Waals surface area contributed by atoms with Gasteiger partial charge in [-0.25, -0.2) is 0 Å². The molecule has 18 aromatic carbocycles. The molecule has 0 aromatic heterocycles. The van der Waals surface area contributed by atoms with Crippen LogP contribution in [0.25, 0.3) is 165 Å². The van der Waals surface area contributed by atoms with Gasteiger partial charge < -0.3 is 0 Å². The smallest absolute Gasteiger partial charge is 0.00241 e. The highest BCUT2D eigenvalue weighted by Crippen LogP contribution is 2.47. The van der Waals surface area contributed by atoms with Gasteiger partial charge in [0.05, 0.1) is 0 Å². The van der Waals surface area contributed by atoms with Gasteiger partial charge in [-0.05, 0) is 430 Å². The zero-order valence-corrected chi connectivity index (χ0v) is 71.6. The predicted molar refractivity (Wildman–Crippen MR) is 508 cm³/mol. The van der Waals surface area contributed by atoms with Crippen LogP contribution in [0, 0.1) is 138 Å². The number of fused-ring (bicyclic) bond motifs is 6. The third-order valence-corrected chi connectivity index (χ3v) is 24.4. The van der Waals surface area contributed by atoms with E-state index in [-0.39, 0.29) is 0 Å². The Kier molecular flexibility index (Phi) is 20.9. The van der Waals surface area contributed by atoms with Gasteiger partial charge in [-0.2, -0.15) is 0 Å². The van der Waals surface area contributed by atoms with E-state index in [1.807, 2.05) is 0 Å². The normalized spacial score (nSPS) is 11.4. The van der Waals surface area contributed by atoms with Crippen molar-refractivity contribution in [2.75, 3.05) is 0 Å². The molecule has 0 heteroatoms. The summed E-state index contributed by atoms with van der Waals surface area (Å²) < 4.78 is 0. The molecule has 0 amide bonds. The van der Waals surface area contributed by atoms with Crippen molar-refractivity contribution in [2.24, 2.45) is 0 Å². The summed E-state index contributed by atoms with van der Waals surface area (Å²) in [5.41, 5.74) is 50.1. The van der Waals surface area contributed by atoms with Gasteiger partial charge in [0.1, 0.15) is 0 Å². The van der Waals surface area contributed by atoms with Crippen molar-refractivity contribution in [3.8, 4) is 100 Å². The van der Waals surface area contributed by atoms with Gasteiger partial charge in [0, 0.05) is 0 Å². The summed E-state index contributed by atoms with van der Waals surface area (Å²) in [5.74, 6) is 0. The fourth-order valence-corrected chi connectivity index (χ4v) is 20.3. The molecule has 570 valence electrons. The van der Waals surface area contributed by atoms with Crippen molar-refractivity contribution < 1.29 is 0 Å². The van der Waals surface area contributed by atoms with E-state index < -0.39 is 0 Å². The van der Waals surface area contributed by atoms with Crippen LogP contribution in [0.2, 0.25) is 0 Å². The zero-order valence-electron chi connectivity index (χ0n) is 71.6. The standard InChI is InChI=1S/2C39H36.C38H34/c1-23-9-8-10-30(19-23)39-35-13-11-31(37-26(4)15-24(2)16-27(37)5)20-33(35)22-34-21-32(12-14-36(34)39)38-28(6)17-25(3)18-29(38)7;1-23-16-26(4)37(27(5)17-23)30-12-14-35-32(20-30)22-33-21-31(38-28(6)18-24(2)19-29(38)7)13-15-36(33)39(35)34-11-9-8-10-25(34)3;1-23-16-25(3)36(26(4)17-23)30-12-14-34-32(20-30)22-33-21-31(37-27(5)18-24(2)19-28(37)6)13-15-35(33)38(34)29-10-8-7-9-11-29/h2*8-22H,1-7H3;7-22H,1-6H3. The summed E-state index contributed by atoms with van der Waals surface area (Å²) in [5, 5.41) is 15.5. The van der Waals surface area contributed by atoms with Crippen molar-refractivity contribution >= 4 is 64.6 Å². The van der Waals surface area contributed by atoms with Crippen LogP contribution in [-0.2, 0) is 0 Å². The van der Waals surface area contributed by atoms with E-state index in [9.17, 15) is 0 Å². The van der Waals surface area contributed by atoms with Gasteiger partial charge in [0.2, 0.25) is 0 Å². The minimum atomic E-state index is 1.26. The highest BCUT2D eigenvalue weighted by molar-refractivity contribution is 6.17. The molecule has 0 radical (unpaired) electrons. The lowest BCUT2D eigenvalue weighted by Gasteiger charge is -2.18. The Morgan fingerprint density at radius 1 is 0.121 bits per heavy atom. The number of hydrogen-bond acceptors (Lipinski definition) is 0. The molecule has 0 spiro atoms. The third kappa shape index (κ3) is 14.9. The van der Waals surface area contributed by atoms with Gasteiger partial charge in [0.15, 0.2) is 0 Å². The first kappa shape index (κ1) is 77.5. The monoisotopic (exact) mass is 1500 g/mol. The molecular weight excluding hydrogens is 1390 g/mol. The average Bonchev–Trinajstić information content (AvgIpc) is 0.749. The Labute approximate surface area is 688 Å². The molecule has 0 aliphatic rings.